The Morgan fingerprint density at radius 3 is 2.57 bits per heavy atom. The lowest BCUT2D eigenvalue weighted by molar-refractivity contribution is 0.0953. The number of hydrogen-bond donors (Lipinski definition) is 1. The minimum atomic E-state index is -0.175. The van der Waals surface area contributed by atoms with E-state index in [1.807, 2.05) is 24.3 Å². The average Bonchev–Trinajstić information content (AvgIpc) is 2.93. The molecule has 0 aliphatic rings. The fourth-order valence-electron chi connectivity index (χ4n) is 2.14. The molecule has 0 bridgehead atoms. The topological polar surface area (TPSA) is 55.4 Å². The molecule has 0 aliphatic carbocycles. The van der Waals surface area contributed by atoms with Crippen LogP contribution in [0.1, 0.15) is 38.9 Å². The minimum Gasteiger partial charge on any atom is -0.495 e. The van der Waals surface area contributed by atoms with Crippen LogP contribution in [0.5, 0.6) is 5.75 Å². The number of benzene rings is 1. The highest BCUT2D eigenvalue weighted by molar-refractivity contribution is 7.18. The van der Waals surface area contributed by atoms with Gasteiger partial charge in [-0.3, -0.25) is 9.59 Å². The Hall–Kier alpha value is -1.85. The molecule has 6 heteroatoms. The van der Waals surface area contributed by atoms with Gasteiger partial charge in [-0.25, -0.2) is 0 Å². The number of ketones is 1. The van der Waals surface area contributed by atoms with Crippen molar-refractivity contribution in [2.45, 2.75) is 19.8 Å². The molecule has 1 N–H and O–H groups in total. The molecule has 0 saturated heterocycles. The van der Waals surface area contributed by atoms with Crippen molar-refractivity contribution in [2.75, 3.05) is 13.7 Å². The van der Waals surface area contributed by atoms with Gasteiger partial charge in [0, 0.05) is 18.2 Å². The summed E-state index contributed by atoms with van der Waals surface area (Å²) in [5.41, 5.74) is 1.85. The van der Waals surface area contributed by atoms with Crippen molar-refractivity contribution in [3.05, 3.63) is 50.7 Å². The van der Waals surface area contributed by atoms with Crippen molar-refractivity contribution in [3.8, 4) is 5.75 Å². The summed E-state index contributed by atoms with van der Waals surface area (Å²) in [4.78, 5) is 23.8. The molecule has 0 fully saturated rings. The Bertz CT molecular complexity index is 694. The Morgan fingerprint density at radius 2 is 1.96 bits per heavy atom. The van der Waals surface area contributed by atoms with E-state index in [0.717, 1.165) is 18.4 Å². The molecule has 1 heterocycles. The molecule has 4 nitrogen and oxygen atoms in total. The molecule has 122 valence electrons. The SMILES string of the molecule is COc1cc(Cl)sc1C(=O)NCCCc1ccc(C(C)=O)cc1. The highest BCUT2D eigenvalue weighted by atomic mass is 35.5. The van der Waals surface area contributed by atoms with Gasteiger partial charge in [0.1, 0.15) is 10.6 Å². The van der Waals surface area contributed by atoms with Crippen molar-refractivity contribution in [1.29, 1.82) is 0 Å². The third-order valence-corrected chi connectivity index (χ3v) is 4.63. The second kappa shape index (κ2) is 8.13. The van der Waals surface area contributed by atoms with Crippen LogP contribution in [0, 0.1) is 0 Å². The van der Waals surface area contributed by atoms with Gasteiger partial charge in [0.2, 0.25) is 0 Å². The van der Waals surface area contributed by atoms with Crippen molar-refractivity contribution < 1.29 is 14.3 Å². The van der Waals surface area contributed by atoms with Crippen LogP contribution in [0.15, 0.2) is 30.3 Å². The average molecular weight is 352 g/mol. The van der Waals surface area contributed by atoms with Gasteiger partial charge in [-0.1, -0.05) is 35.9 Å². The first-order valence-corrected chi connectivity index (χ1v) is 8.42. The van der Waals surface area contributed by atoms with E-state index in [-0.39, 0.29) is 11.7 Å². The first kappa shape index (κ1) is 17.5. The lowest BCUT2D eigenvalue weighted by atomic mass is 10.1. The normalized spacial score (nSPS) is 10.4. The summed E-state index contributed by atoms with van der Waals surface area (Å²) in [5, 5.41) is 2.87. The van der Waals surface area contributed by atoms with Crippen LogP contribution in [-0.2, 0) is 6.42 Å². The van der Waals surface area contributed by atoms with E-state index in [9.17, 15) is 9.59 Å². The van der Waals surface area contributed by atoms with E-state index in [1.165, 1.54) is 18.4 Å². The quantitative estimate of drug-likeness (QED) is 0.606. The maximum Gasteiger partial charge on any atom is 0.265 e. The molecular weight excluding hydrogens is 334 g/mol. The number of hydrogen-bond acceptors (Lipinski definition) is 4. The zero-order valence-corrected chi connectivity index (χ0v) is 14.6. The molecular formula is C17H18ClNO3S. The van der Waals surface area contributed by atoms with E-state index in [1.54, 1.807) is 13.0 Å². The van der Waals surface area contributed by atoms with Crippen LogP contribution in [0.2, 0.25) is 4.34 Å². The number of halogens is 1. The number of carbonyl (C=O) groups is 2. The molecule has 1 aromatic carbocycles. The van der Waals surface area contributed by atoms with Gasteiger partial charge < -0.3 is 10.1 Å². The van der Waals surface area contributed by atoms with Gasteiger partial charge in [0.15, 0.2) is 5.78 Å². The standard InChI is InChI=1S/C17H18ClNO3S/c1-11(20)13-7-5-12(6-8-13)4-3-9-19-17(21)16-14(22-2)10-15(18)23-16/h5-8,10H,3-4,9H2,1-2H3,(H,19,21). The monoisotopic (exact) mass is 351 g/mol. The Balaban J connectivity index is 1.80. The molecule has 1 aromatic heterocycles. The molecule has 1 amide bonds. The van der Waals surface area contributed by atoms with Crippen molar-refractivity contribution in [1.82, 2.24) is 5.32 Å². The lowest BCUT2D eigenvalue weighted by Gasteiger charge is -2.06. The predicted octanol–water partition coefficient (Wildman–Crippen LogP) is 3.98. The highest BCUT2D eigenvalue weighted by Gasteiger charge is 2.15. The summed E-state index contributed by atoms with van der Waals surface area (Å²) < 4.78 is 5.66. The molecule has 2 rings (SSSR count). The number of ether oxygens (including phenoxy) is 1. The maximum atomic E-state index is 12.1. The zero-order valence-electron chi connectivity index (χ0n) is 13.0. The summed E-state index contributed by atoms with van der Waals surface area (Å²) in [6.45, 7) is 2.11. The van der Waals surface area contributed by atoms with Gasteiger partial charge >= 0.3 is 0 Å². The highest BCUT2D eigenvalue weighted by Crippen LogP contribution is 2.32. The molecule has 0 atom stereocenters. The molecule has 0 aliphatic heterocycles. The summed E-state index contributed by atoms with van der Waals surface area (Å²) >= 11 is 7.10. The van der Waals surface area contributed by atoms with E-state index in [0.29, 0.717) is 27.1 Å². The first-order valence-electron chi connectivity index (χ1n) is 7.22. The van der Waals surface area contributed by atoms with Crippen molar-refractivity contribution >= 4 is 34.6 Å². The van der Waals surface area contributed by atoms with Gasteiger partial charge in [0.05, 0.1) is 11.4 Å². The van der Waals surface area contributed by atoms with E-state index in [2.05, 4.69) is 5.32 Å². The van der Waals surface area contributed by atoms with Gasteiger partial charge in [-0.15, -0.1) is 11.3 Å². The number of aryl methyl sites for hydroxylation is 1. The van der Waals surface area contributed by atoms with Crippen molar-refractivity contribution in [2.24, 2.45) is 0 Å². The molecule has 0 saturated carbocycles. The van der Waals surface area contributed by atoms with Crippen LogP contribution in [0.25, 0.3) is 0 Å². The second-order valence-corrected chi connectivity index (χ2v) is 6.74. The number of amides is 1. The Kier molecular flexibility index (Phi) is 6.19. The third-order valence-electron chi connectivity index (χ3n) is 3.38. The Labute approximate surface area is 144 Å². The zero-order chi connectivity index (χ0) is 16.8. The van der Waals surface area contributed by atoms with E-state index < -0.39 is 0 Å². The van der Waals surface area contributed by atoms with Gasteiger partial charge in [-0.05, 0) is 25.3 Å². The van der Waals surface area contributed by atoms with Gasteiger partial charge in [-0.2, -0.15) is 0 Å². The van der Waals surface area contributed by atoms with Crippen LogP contribution < -0.4 is 10.1 Å². The van der Waals surface area contributed by atoms with Crippen molar-refractivity contribution in [3.63, 3.8) is 0 Å². The molecule has 0 radical (unpaired) electrons. The first-order chi connectivity index (χ1) is 11.0. The fourth-order valence-corrected chi connectivity index (χ4v) is 3.24. The Morgan fingerprint density at radius 1 is 1.26 bits per heavy atom. The summed E-state index contributed by atoms with van der Waals surface area (Å²) in [7, 11) is 1.51. The van der Waals surface area contributed by atoms with E-state index in [4.69, 9.17) is 16.3 Å². The number of methoxy groups -OCH3 is 1. The number of rotatable bonds is 7. The number of thiophene rings is 1. The molecule has 2 aromatic rings. The molecule has 0 spiro atoms. The molecule has 23 heavy (non-hydrogen) atoms. The van der Waals surface area contributed by atoms with E-state index >= 15 is 0 Å². The summed E-state index contributed by atoms with van der Waals surface area (Å²) in [6.07, 6.45) is 1.65. The largest absolute Gasteiger partial charge is 0.495 e. The summed E-state index contributed by atoms with van der Waals surface area (Å²) in [6, 6.07) is 9.18. The number of Topliss-reactive ketones (excluding diaryl/α,β-unsaturated/α-hetero) is 1. The van der Waals surface area contributed by atoms with Crippen LogP contribution in [0.4, 0.5) is 0 Å². The predicted molar refractivity (Wildman–Crippen MR) is 93.0 cm³/mol. The summed E-state index contributed by atoms with van der Waals surface area (Å²) in [5.74, 6) is 0.385. The number of carbonyl (C=O) groups excluding carboxylic acids is 2. The maximum absolute atomic E-state index is 12.1. The number of nitrogens with one attached hydrogen (secondary N) is 1. The van der Waals surface area contributed by atoms with Gasteiger partial charge in [0.25, 0.3) is 5.91 Å². The minimum absolute atomic E-state index is 0.0624. The molecule has 0 unspecified atom stereocenters. The van der Waals surface area contributed by atoms with Crippen LogP contribution in [0.3, 0.4) is 0 Å². The smallest absolute Gasteiger partial charge is 0.265 e. The third kappa shape index (κ3) is 4.81. The second-order valence-electron chi connectivity index (χ2n) is 5.06. The lowest BCUT2D eigenvalue weighted by Crippen LogP contribution is -2.24. The van der Waals surface area contributed by atoms with Crippen LogP contribution >= 0.6 is 22.9 Å². The van der Waals surface area contributed by atoms with Crippen LogP contribution in [-0.4, -0.2) is 25.3 Å². The fraction of sp³-hybridized carbons (Fsp3) is 0.294.